The maximum absolute atomic E-state index is 8.99. The molecule has 0 radical (unpaired) electrons. The van der Waals surface area contributed by atoms with E-state index in [4.69, 9.17) is 10.9 Å². The maximum Gasteiger partial charge on any atom is 0.174 e. The zero-order chi connectivity index (χ0) is 15.0. The summed E-state index contributed by atoms with van der Waals surface area (Å²) in [5.74, 6) is 0.950. The molecule has 0 saturated carbocycles. The molecule has 0 spiro atoms. The Hall–Kier alpha value is -1.78. The maximum atomic E-state index is 8.99. The molecule has 5 nitrogen and oxygen atoms in total. The van der Waals surface area contributed by atoms with Gasteiger partial charge in [-0.15, -0.1) is 0 Å². The van der Waals surface area contributed by atoms with Gasteiger partial charge in [-0.05, 0) is 31.4 Å². The van der Waals surface area contributed by atoms with Crippen molar-refractivity contribution in [2.45, 2.75) is 46.5 Å². The monoisotopic (exact) mass is 278 g/mol. The number of anilines is 1. The Labute approximate surface area is 121 Å². The third-order valence-corrected chi connectivity index (χ3v) is 3.37. The number of pyridine rings is 1. The van der Waals surface area contributed by atoms with Crippen molar-refractivity contribution in [3.05, 3.63) is 23.4 Å². The molecule has 0 bridgehead atoms. The van der Waals surface area contributed by atoms with E-state index in [2.05, 4.69) is 28.9 Å². The van der Waals surface area contributed by atoms with E-state index in [-0.39, 0.29) is 5.84 Å². The number of unbranched alkanes of at least 4 members (excludes halogenated alkanes) is 2. The lowest BCUT2D eigenvalue weighted by Crippen LogP contribution is -2.30. The second-order valence-corrected chi connectivity index (χ2v) is 5.01. The Bertz CT molecular complexity index is 437. The SMILES string of the molecule is CCCCN(CCCC)c1nccc(C)c1/C(N)=N/O. The van der Waals surface area contributed by atoms with E-state index in [1.807, 2.05) is 13.0 Å². The minimum atomic E-state index is 0.128. The fraction of sp³-hybridized carbons (Fsp3) is 0.600. The van der Waals surface area contributed by atoms with Crippen LogP contribution in [0.3, 0.4) is 0 Å². The van der Waals surface area contributed by atoms with E-state index in [0.29, 0.717) is 0 Å². The van der Waals surface area contributed by atoms with Crippen LogP contribution in [0.5, 0.6) is 0 Å². The third kappa shape index (κ3) is 4.11. The van der Waals surface area contributed by atoms with Gasteiger partial charge in [0.2, 0.25) is 0 Å². The second kappa shape index (κ2) is 8.40. The van der Waals surface area contributed by atoms with Crippen LogP contribution in [-0.2, 0) is 0 Å². The molecular formula is C15H26N4O. The molecule has 112 valence electrons. The summed E-state index contributed by atoms with van der Waals surface area (Å²) in [7, 11) is 0. The average molecular weight is 278 g/mol. The second-order valence-electron chi connectivity index (χ2n) is 5.01. The van der Waals surface area contributed by atoms with Crippen LogP contribution in [0.2, 0.25) is 0 Å². The van der Waals surface area contributed by atoms with Crippen molar-refractivity contribution in [2.75, 3.05) is 18.0 Å². The number of oxime groups is 1. The Morgan fingerprint density at radius 1 is 1.30 bits per heavy atom. The third-order valence-electron chi connectivity index (χ3n) is 3.37. The quantitative estimate of drug-likeness (QED) is 0.332. The molecule has 0 fully saturated rings. The molecule has 0 aliphatic rings. The molecule has 0 aromatic carbocycles. The number of aryl methyl sites for hydroxylation is 1. The van der Waals surface area contributed by atoms with Crippen molar-refractivity contribution in [3.8, 4) is 0 Å². The van der Waals surface area contributed by atoms with Crippen LogP contribution >= 0.6 is 0 Å². The number of rotatable bonds is 8. The number of nitrogens with two attached hydrogens (primary N) is 1. The topological polar surface area (TPSA) is 74.7 Å². The van der Waals surface area contributed by atoms with E-state index in [1.165, 1.54) is 0 Å². The van der Waals surface area contributed by atoms with Crippen molar-refractivity contribution in [2.24, 2.45) is 10.9 Å². The lowest BCUT2D eigenvalue weighted by atomic mass is 10.1. The summed E-state index contributed by atoms with van der Waals surface area (Å²) < 4.78 is 0. The van der Waals surface area contributed by atoms with Gasteiger partial charge in [0.25, 0.3) is 0 Å². The molecule has 0 unspecified atom stereocenters. The zero-order valence-electron chi connectivity index (χ0n) is 12.8. The molecule has 3 N–H and O–H groups in total. The predicted molar refractivity (Wildman–Crippen MR) is 83.5 cm³/mol. The minimum absolute atomic E-state index is 0.128. The fourth-order valence-corrected chi connectivity index (χ4v) is 2.17. The van der Waals surface area contributed by atoms with Gasteiger partial charge >= 0.3 is 0 Å². The van der Waals surface area contributed by atoms with Crippen LogP contribution < -0.4 is 10.6 Å². The molecule has 1 aromatic rings. The van der Waals surface area contributed by atoms with Gasteiger partial charge < -0.3 is 15.8 Å². The van der Waals surface area contributed by atoms with E-state index >= 15 is 0 Å². The molecule has 1 rings (SSSR count). The van der Waals surface area contributed by atoms with Crippen molar-refractivity contribution >= 4 is 11.7 Å². The first-order valence-electron chi connectivity index (χ1n) is 7.34. The zero-order valence-corrected chi connectivity index (χ0v) is 12.8. The lowest BCUT2D eigenvalue weighted by Gasteiger charge is -2.26. The Morgan fingerprint density at radius 3 is 2.40 bits per heavy atom. The van der Waals surface area contributed by atoms with Gasteiger partial charge in [-0.1, -0.05) is 31.8 Å². The molecule has 0 saturated heterocycles. The lowest BCUT2D eigenvalue weighted by molar-refractivity contribution is 0.318. The highest BCUT2D eigenvalue weighted by atomic mass is 16.4. The van der Waals surface area contributed by atoms with Crippen molar-refractivity contribution in [1.29, 1.82) is 0 Å². The minimum Gasteiger partial charge on any atom is -0.409 e. The highest BCUT2D eigenvalue weighted by Crippen LogP contribution is 2.22. The van der Waals surface area contributed by atoms with Crippen LogP contribution in [0, 0.1) is 6.92 Å². The van der Waals surface area contributed by atoms with Gasteiger partial charge in [-0.25, -0.2) is 4.98 Å². The first-order valence-corrected chi connectivity index (χ1v) is 7.34. The number of aromatic nitrogens is 1. The Kier molecular flexibility index (Phi) is 6.84. The number of nitrogens with zero attached hydrogens (tertiary/aromatic N) is 3. The summed E-state index contributed by atoms with van der Waals surface area (Å²) in [4.78, 5) is 6.71. The molecule has 0 aliphatic heterocycles. The van der Waals surface area contributed by atoms with E-state index in [1.54, 1.807) is 6.20 Å². The largest absolute Gasteiger partial charge is 0.409 e. The number of amidine groups is 1. The standard InChI is InChI=1S/C15H26N4O/c1-4-6-10-19(11-7-5-2)15-13(14(16)18-20)12(3)8-9-17-15/h8-9,20H,4-7,10-11H2,1-3H3,(H2,16,18). The highest BCUT2D eigenvalue weighted by Gasteiger charge is 2.17. The van der Waals surface area contributed by atoms with E-state index in [9.17, 15) is 0 Å². The summed E-state index contributed by atoms with van der Waals surface area (Å²) in [5, 5.41) is 12.1. The molecule has 20 heavy (non-hydrogen) atoms. The van der Waals surface area contributed by atoms with E-state index in [0.717, 1.165) is 55.7 Å². The molecular weight excluding hydrogens is 252 g/mol. The molecule has 0 amide bonds. The molecule has 0 atom stereocenters. The smallest absolute Gasteiger partial charge is 0.174 e. The summed E-state index contributed by atoms with van der Waals surface area (Å²) in [6.07, 6.45) is 6.26. The van der Waals surface area contributed by atoms with Crippen molar-refractivity contribution in [3.63, 3.8) is 0 Å². The van der Waals surface area contributed by atoms with Gasteiger partial charge in [0.05, 0.1) is 5.56 Å². The van der Waals surface area contributed by atoms with Crippen molar-refractivity contribution in [1.82, 2.24) is 4.98 Å². The normalized spacial score (nSPS) is 11.7. The van der Waals surface area contributed by atoms with Crippen LogP contribution in [0.4, 0.5) is 5.82 Å². The van der Waals surface area contributed by atoms with E-state index < -0.39 is 0 Å². The number of hydrogen-bond acceptors (Lipinski definition) is 4. The Balaban J connectivity index is 3.14. The van der Waals surface area contributed by atoms with Gasteiger partial charge in [0, 0.05) is 19.3 Å². The first kappa shape index (κ1) is 16.3. The first-order chi connectivity index (χ1) is 9.65. The van der Waals surface area contributed by atoms with Gasteiger partial charge in [0.1, 0.15) is 5.82 Å². The molecule has 0 aliphatic carbocycles. The van der Waals surface area contributed by atoms with Gasteiger partial charge in [0.15, 0.2) is 5.84 Å². The van der Waals surface area contributed by atoms with Crippen LogP contribution in [0.25, 0.3) is 0 Å². The van der Waals surface area contributed by atoms with Crippen LogP contribution in [-0.4, -0.2) is 29.1 Å². The van der Waals surface area contributed by atoms with Crippen LogP contribution in [0.15, 0.2) is 17.4 Å². The molecule has 1 aromatic heterocycles. The fourth-order valence-electron chi connectivity index (χ4n) is 2.17. The number of hydrogen-bond donors (Lipinski definition) is 2. The molecule has 5 heteroatoms. The summed E-state index contributed by atoms with van der Waals surface area (Å²) in [6, 6.07) is 1.88. The van der Waals surface area contributed by atoms with Crippen LogP contribution in [0.1, 0.15) is 50.7 Å². The summed E-state index contributed by atoms with van der Waals surface area (Å²) >= 11 is 0. The Morgan fingerprint density at radius 2 is 1.90 bits per heavy atom. The van der Waals surface area contributed by atoms with Gasteiger partial charge in [-0.3, -0.25) is 0 Å². The van der Waals surface area contributed by atoms with Crippen molar-refractivity contribution < 1.29 is 5.21 Å². The predicted octanol–water partition coefficient (Wildman–Crippen LogP) is 2.89. The molecule has 1 heterocycles. The average Bonchev–Trinajstić information content (AvgIpc) is 2.46. The summed E-state index contributed by atoms with van der Waals surface area (Å²) in [6.45, 7) is 8.19. The van der Waals surface area contributed by atoms with Gasteiger partial charge in [-0.2, -0.15) is 0 Å². The summed E-state index contributed by atoms with van der Waals surface area (Å²) in [5.41, 5.74) is 7.54. The highest BCUT2D eigenvalue weighted by molar-refractivity contribution is 6.02.